The van der Waals surface area contributed by atoms with E-state index < -0.39 is 10.8 Å². The molecule has 1 aromatic rings. The van der Waals surface area contributed by atoms with Gasteiger partial charge < -0.3 is 10.6 Å². The van der Waals surface area contributed by atoms with E-state index in [1.54, 1.807) is 4.90 Å². The number of anilines is 1. The molecule has 1 amide bonds. The number of nitrogens with two attached hydrogens (primary N) is 1. The zero-order valence-electron chi connectivity index (χ0n) is 9.49. The molecule has 1 aliphatic rings. The van der Waals surface area contributed by atoms with Crippen LogP contribution in [0.25, 0.3) is 0 Å². The first-order chi connectivity index (χ1) is 8.49. The zero-order chi connectivity index (χ0) is 13.3. The molecule has 1 saturated heterocycles. The molecule has 4 nitrogen and oxygen atoms in total. The quantitative estimate of drug-likeness (QED) is 0.804. The second-order valence-electron chi connectivity index (χ2n) is 4.00. The SMILES string of the molecule is Nc1cc(Cl)c(Cl)c(C(=O)N2CCS(=O)CC2)c1. The molecule has 0 aromatic heterocycles. The highest BCUT2D eigenvalue weighted by molar-refractivity contribution is 7.85. The van der Waals surface area contributed by atoms with Crippen molar-refractivity contribution in [3.05, 3.63) is 27.7 Å². The Bertz CT molecular complexity index is 512. The van der Waals surface area contributed by atoms with Gasteiger partial charge in [-0.2, -0.15) is 0 Å². The van der Waals surface area contributed by atoms with Gasteiger partial charge in [0, 0.05) is 41.1 Å². The summed E-state index contributed by atoms with van der Waals surface area (Å²) >= 11 is 11.9. The van der Waals surface area contributed by atoms with Gasteiger partial charge in [0.1, 0.15) is 0 Å². The van der Waals surface area contributed by atoms with E-state index in [9.17, 15) is 9.00 Å². The second-order valence-corrected chi connectivity index (χ2v) is 6.49. The van der Waals surface area contributed by atoms with E-state index in [1.165, 1.54) is 12.1 Å². The number of nitrogens with zero attached hydrogens (tertiary/aromatic N) is 1. The lowest BCUT2D eigenvalue weighted by molar-refractivity contribution is 0.0771. The Labute approximate surface area is 117 Å². The van der Waals surface area contributed by atoms with Crippen molar-refractivity contribution in [3.8, 4) is 0 Å². The minimum atomic E-state index is -0.826. The van der Waals surface area contributed by atoms with Crippen LogP contribution in [0.3, 0.4) is 0 Å². The highest BCUT2D eigenvalue weighted by Gasteiger charge is 2.24. The average Bonchev–Trinajstić information content (AvgIpc) is 2.34. The summed E-state index contributed by atoms with van der Waals surface area (Å²) in [7, 11) is -0.826. The van der Waals surface area contributed by atoms with Crippen LogP contribution >= 0.6 is 23.2 Å². The van der Waals surface area contributed by atoms with Crippen LogP contribution in [0.15, 0.2) is 12.1 Å². The summed E-state index contributed by atoms with van der Waals surface area (Å²) in [5, 5.41) is 0.475. The molecule has 18 heavy (non-hydrogen) atoms. The molecular weight excluding hydrogens is 295 g/mol. The Morgan fingerprint density at radius 1 is 1.28 bits per heavy atom. The average molecular weight is 307 g/mol. The Morgan fingerprint density at radius 3 is 2.50 bits per heavy atom. The number of hydrogen-bond donors (Lipinski definition) is 1. The Balaban J connectivity index is 2.26. The molecule has 0 radical (unpaired) electrons. The van der Waals surface area contributed by atoms with Gasteiger partial charge in [-0.05, 0) is 12.1 Å². The molecule has 0 atom stereocenters. The number of halogens is 2. The summed E-state index contributed by atoms with van der Waals surface area (Å²) < 4.78 is 11.2. The van der Waals surface area contributed by atoms with Gasteiger partial charge >= 0.3 is 0 Å². The minimum Gasteiger partial charge on any atom is -0.399 e. The standard InChI is InChI=1S/C11H12Cl2N2O2S/c12-9-6-7(14)5-8(10(9)13)11(16)15-1-3-18(17)4-2-15/h5-6H,1-4,14H2. The lowest BCUT2D eigenvalue weighted by Crippen LogP contribution is -2.41. The van der Waals surface area contributed by atoms with Crippen molar-refractivity contribution < 1.29 is 9.00 Å². The first kappa shape index (κ1) is 13.6. The minimum absolute atomic E-state index is 0.211. The lowest BCUT2D eigenvalue weighted by Gasteiger charge is -2.26. The third-order valence-electron chi connectivity index (χ3n) is 2.75. The van der Waals surface area contributed by atoms with E-state index >= 15 is 0 Å². The van der Waals surface area contributed by atoms with Crippen molar-refractivity contribution in [2.75, 3.05) is 30.3 Å². The van der Waals surface area contributed by atoms with Gasteiger partial charge in [0.2, 0.25) is 0 Å². The number of rotatable bonds is 1. The molecule has 1 aromatic carbocycles. The van der Waals surface area contributed by atoms with Crippen LogP contribution in [0.2, 0.25) is 10.0 Å². The Kier molecular flexibility index (Phi) is 4.14. The molecule has 1 heterocycles. The first-order valence-electron chi connectivity index (χ1n) is 5.38. The van der Waals surface area contributed by atoms with E-state index in [2.05, 4.69) is 0 Å². The van der Waals surface area contributed by atoms with Crippen molar-refractivity contribution in [3.63, 3.8) is 0 Å². The predicted molar refractivity (Wildman–Crippen MR) is 74.7 cm³/mol. The molecule has 0 bridgehead atoms. The smallest absolute Gasteiger partial charge is 0.255 e. The second kappa shape index (κ2) is 5.47. The maximum atomic E-state index is 12.3. The topological polar surface area (TPSA) is 63.4 Å². The van der Waals surface area contributed by atoms with Crippen molar-refractivity contribution >= 4 is 45.6 Å². The molecule has 98 valence electrons. The van der Waals surface area contributed by atoms with Gasteiger partial charge in [-0.15, -0.1) is 0 Å². The van der Waals surface area contributed by atoms with E-state index in [1.807, 2.05) is 0 Å². The van der Waals surface area contributed by atoms with Gasteiger partial charge in [0.05, 0.1) is 15.6 Å². The Hall–Kier alpha value is -0.780. The van der Waals surface area contributed by atoms with E-state index in [-0.39, 0.29) is 16.0 Å². The summed E-state index contributed by atoms with van der Waals surface area (Å²) in [6.07, 6.45) is 0. The van der Waals surface area contributed by atoms with E-state index in [4.69, 9.17) is 28.9 Å². The maximum Gasteiger partial charge on any atom is 0.255 e. The maximum absolute atomic E-state index is 12.3. The van der Waals surface area contributed by atoms with Gasteiger partial charge in [0.15, 0.2) is 0 Å². The fourth-order valence-electron chi connectivity index (χ4n) is 1.78. The summed E-state index contributed by atoms with van der Waals surface area (Å²) in [4.78, 5) is 13.9. The van der Waals surface area contributed by atoms with Crippen molar-refractivity contribution in [2.24, 2.45) is 0 Å². The van der Waals surface area contributed by atoms with E-state index in [0.717, 1.165) is 0 Å². The fraction of sp³-hybridized carbons (Fsp3) is 0.364. The monoisotopic (exact) mass is 306 g/mol. The Morgan fingerprint density at radius 2 is 1.89 bits per heavy atom. The molecule has 7 heteroatoms. The van der Waals surface area contributed by atoms with Crippen LogP contribution in [0.4, 0.5) is 5.69 Å². The van der Waals surface area contributed by atoms with Crippen molar-refractivity contribution in [1.82, 2.24) is 4.90 Å². The van der Waals surface area contributed by atoms with Crippen molar-refractivity contribution in [1.29, 1.82) is 0 Å². The lowest BCUT2D eigenvalue weighted by atomic mass is 10.1. The van der Waals surface area contributed by atoms with Gasteiger partial charge in [-0.3, -0.25) is 9.00 Å². The summed E-state index contributed by atoms with van der Waals surface area (Å²) in [6.45, 7) is 0.933. The number of hydrogen-bond acceptors (Lipinski definition) is 3. The van der Waals surface area contributed by atoms with Gasteiger partial charge in [-0.1, -0.05) is 23.2 Å². The third-order valence-corrected chi connectivity index (χ3v) is 4.82. The van der Waals surface area contributed by atoms with Crippen LogP contribution < -0.4 is 5.73 Å². The highest BCUT2D eigenvalue weighted by atomic mass is 35.5. The van der Waals surface area contributed by atoms with Crippen LogP contribution in [0, 0.1) is 0 Å². The molecule has 0 unspecified atom stereocenters. The number of carbonyl (C=O) groups is 1. The normalized spacial score (nSPS) is 16.9. The first-order valence-corrected chi connectivity index (χ1v) is 7.62. The fourth-order valence-corrected chi connectivity index (χ4v) is 3.25. The highest BCUT2D eigenvalue weighted by Crippen LogP contribution is 2.29. The molecular formula is C11H12Cl2N2O2S. The third kappa shape index (κ3) is 2.79. The molecule has 0 saturated carbocycles. The van der Waals surface area contributed by atoms with Gasteiger partial charge in [-0.25, -0.2) is 0 Å². The van der Waals surface area contributed by atoms with E-state index in [0.29, 0.717) is 35.8 Å². The summed E-state index contributed by atoms with van der Waals surface area (Å²) in [5.41, 5.74) is 6.35. The van der Waals surface area contributed by atoms with Crippen LogP contribution in [0.1, 0.15) is 10.4 Å². The molecule has 2 N–H and O–H groups in total. The number of nitrogen functional groups attached to an aromatic ring is 1. The number of carbonyl (C=O) groups excluding carboxylic acids is 1. The molecule has 0 spiro atoms. The van der Waals surface area contributed by atoms with Crippen LogP contribution in [-0.4, -0.2) is 39.6 Å². The number of amides is 1. The van der Waals surface area contributed by atoms with Crippen molar-refractivity contribution in [2.45, 2.75) is 0 Å². The predicted octanol–water partition coefficient (Wildman–Crippen LogP) is 1.78. The largest absolute Gasteiger partial charge is 0.399 e. The summed E-state index contributed by atoms with van der Waals surface area (Å²) in [5.74, 6) is 0.782. The summed E-state index contributed by atoms with van der Waals surface area (Å²) in [6, 6.07) is 3.02. The molecule has 1 aliphatic heterocycles. The van der Waals surface area contributed by atoms with Crippen LogP contribution in [0.5, 0.6) is 0 Å². The number of benzene rings is 1. The zero-order valence-corrected chi connectivity index (χ0v) is 11.8. The molecule has 0 aliphatic carbocycles. The molecule has 2 rings (SSSR count). The molecule has 1 fully saturated rings. The van der Waals surface area contributed by atoms with Crippen LogP contribution in [-0.2, 0) is 10.8 Å². The van der Waals surface area contributed by atoms with Gasteiger partial charge in [0.25, 0.3) is 5.91 Å².